The fourth-order valence-electron chi connectivity index (χ4n) is 2.08. The van der Waals surface area contributed by atoms with Gasteiger partial charge in [0.05, 0.1) is 7.11 Å². The fraction of sp³-hybridized carbons (Fsp3) is 0.158. The van der Waals surface area contributed by atoms with Crippen LogP contribution in [-0.4, -0.2) is 27.1 Å². The molecule has 0 atom stereocenters. The molecule has 1 N–H and O–H groups in total. The Hall–Kier alpha value is -3.26. The lowest BCUT2D eigenvalue weighted by molar-refractivity contribution is -0.112. The van der Waals surface area contributed by atoms with Gasteiger partial charge in [-0.15, -0.1) is 0 Å². The summed E-state index contributed by atoms with van der Waals surface area (Å²) in [6, 6.07) is 16.5. The summed E-state index contributed by atoms with van der Waals surface area (Å²) in [7, 11) is 5.46. The second-order valence-electron chi connectivity index (χ2n) is 5.34. The van der Waals surface area contributed by atoms with E-state index >= 15 is 0 Å². The largest absolute Gasteiger partial charge is 0.497 e. The molecular weight excluding hydrogens is 302 g/mol. The van der Waals surface area contributed by atoms with Crippen LogP contribution in [0.4, 0.5) is 11.4 Å². The van der Waals surface area contributed by atoms with E-state index in [1.54, 1.807) is 37.5 Å². The van der Waals surface area contributed by atoms with Crippen molar-refractivity contribution < 1.29 is 9.53 Å². The molecule has 0 aliphatic heterocycles. The van der Waals surface area contributed by atoms with Crippen molar-refractivity contribution in [3.05, 3.63) is 59.7 Å². The third kappa shape index (κ3) is 4.37. The van der Waals surface area contributed by atoms with Gasteiger partial charge in [-0.2, -0.15) is 5.26 Å². The van der Waals surface area contributed by atoms with E-state index in [9.17, 15) is 10.1 Å². The van der Waals surface area contributed by atoms with Gasteiger partial charge in [0.25, 0.3) is 5.91 Å². The van der Waals surface area contributed by atoms with Crippen LogP contribution in [0.25, 0.3) is 6.08 Å². The quantitative estimate of drug-likeness (QED) is 0.678. The van der Waals surface area contributed by atoms with Crippen LogP contribution in [0.5, 0.6) is 5.75 Å². The van der Waals surface area contributed by atoms with Gasteiger partial charge in [0, 0.05) is 31.5 Å². The van der Waals surface area contributed by atoms with Crippen molar-refractivity contribution in [2.75, 3.05) is 31.4 Å². The molecule has 0 saturated carbocycles. The molecule has 2 aromatic rings. The van der Waals surface area contributed by atoms with E-state index < -0.39 is 5.91 Å². The molecule has 0 fully saturated rings. The molecule has 0 radical (unpaired) electrons. The minimum absolute atomic E-state index is 0.0374. The van der Waals surface area contributed by atoms with Crippen LogP contribution in [0.1, 0.15) is 5.56 Å². The van der Waals surface area contributed by atoms with E-state index in [2.05, 4.69) is 5.32 Å². The van der Waals surface area contributed by atoms with Crippen LogP contribution in [0.2, 0.25) is 0 Å². The van der Waals surface area contributed by atoms with E-state index in [-0.39, 0.29) is 5.57 Å². The van der Waals surface area contributed by atoms with E-state index in [0.717, 1.165) is 11.3 Å². The molecule has 122 valence electrons. The van der Waals surface area contributed by atoms with Crippen LogP contribution >= 0.6 is 0 Å². The number of methoxy groups -OCH3 is 1. The molecule has 0 saturated heterocycles. The van der Waals surface area contributed by atoms with E-state index in [1.807, 2.05) is 49.3 Å². The maximum Gasteiger partial charge on any atom is 0.266 e. The first kappa shape index (κ1) is 17.1. The molecular formula is C19H19N3O2. The molecule has 0 aliphatic rings. The molecule has 0 aromatic heterocycles. The number of hydrogen-bond acceptors (Lipinski definition) is 4. The van der Waals surface area contributed by atoms with Crippen LogP contribution in [0.3, 0.4) is 0 Å². The summed E-state index contributed by atoms with van der Waals surface area (Å²) in [5, 5.41) is 12.0. The van der Waals surface area contributed by atoms with Gasteiger partial charge in [-0.3, -0.25) is 4.79 Å². The highest BCUT2D eigenvalue weighted by Crippen LogP contribution is 2.18. The molecule has 2 aromatic carbocycles. The number of nitrogens with zero attached hydrogens (tertiary/aromatic N) is 2. The number of rotatable bonds is 5. The summed E-state index contributed by atoms with van der Waals surface area (Å²) in [6.45, 7) is 0. The minimum Gasteiger partial charge on any atom is -0.497 e. The van der Waals surface area contributed by atoms with Crippen molar-refractivity contribution in [3.8, 4) is 11.8 Å². The molecule has 0 bridgehead atoms. The summed E-state index contributed by atoms with van der Waals surface area (Å²) >= 11 is 0. The van der Waals surface area contributed by atoms with Gasteiger partial charge >= 0.3 is 0 Å². The zero-order valence-corrected chi connectivity index (χ0v) is 13.9. The lowest BCUT2D eigenvalue weighted by Gasteiger charge is -2.12. The van der Waals surface area contributed by atoms with Gasteiger partial charge in [0.1, 0.15) is 17.4 Å². The van der Waals surface area contributed by atoms with Crippen molar-refractivity contribution in [2.45, 2.75) is 0 Å². The van der Waals surface area contributed by atoms with Crippen molar-refractivity contribution in [1.29, 1.82) is 5.26 Å². The van der Waals surface area contributed by atoms with Crippen molar-refractivity contribution in [1.82, 2.24) is 0 Å². The first-order valence-corrected chi connectivity index (χ1v) is 7.38. The van der Waals surface area contributed by atoms with Gasteiger partial charge in [0.15, 0.2) is 0 Å². The third-order valence-corrected chi connectivity index (χ3v) is 3.41. The highest BCUT2D eigenvalue weighted by atomic mass is 16.5. The first-order valence-electron chi connectivity index (χ1n) is 7.38. The van der Waals surface area contributed by atoms with Gasteiger partial charge in [-0.05, 0) is 35.9 Å². The molecule has 1 amide bonds. The zero-order chi connectivity index (χ0) is 17.5. The van der Waals surface area contributed by atoms with Crippen molar-refractivity contribution in [2.24, 2.45) is 0 Å². The van der Waals surface area contributed by atoms with E-state index in [1.165, 1.54) is 0 Å². The number of benzene rings is 2. The van der Waals surface area contributed by atoms with Crippen LogP contribution < -0.4 is 15.0 Å². The van der Waals surface area contributed by atoms with Gasteiger partial charge < -0.3 is 15.0 Å². The van der Waals surface area contributed by atoms with E-state index in [0.29, 0.717) is 11.4 Å². The van der Waals surface area contributed by atoms with Crippen molar-refractivity contribution in [3.63, 3.8) is 0 Å². The van der Waals surface area contributed by atoms with Crippen LogP contribution in [-0.2, 0) is 4.79 Å². The number of carbonyl (C=O) groups excluding carboxylic acids is 1. The summed E-state index contributed by atoms with van der Waals surface area (Å²) in [5.41, 5.74) is 2.45. The van der Waals surface area contributed by atoms with Crippen LogP contribution in [0.15, 0.2) is 54.1 Å². The second kappa shape index (κ2) is 7.84. The van der Waals surface area contributed by atoms with Gasteiger partial charge in [-0.25, -0.2) is 0 Å². The molecule has 0 unspecified atom stereocenters. The lowest BCUT2D eigenvalue weighted by atomic mass is 10.1. The predicted octanol–water partition coefficient (Wildman–Crippen LogP) is 3.31. The number of hydrogen-bond donors (Lipinski definition) is 1. The molecule has 0 spiro atoms. The average molecular weight is 321 g/mol. The van der Waals surface area contributed by atoms with Gasteiger partial charge in [-0.1, -0.05) is 18.2 Å². The highest BCUT2D eigenvalue weighted by molar-refractivity contribution is 6.09. The molecule has 0 heterocycles. The van der Waals surface area contributed by atoms with E-state index in [4.69, 9.17) is 4.74 Å². The summed E-state index contributed by atoms with van der Waals surface area (Å²) in [5.74, 6) is 0.178. The van der Waals surface area contributed by atoms with Crippen LogP contribution in [0, 0.1) is 11.3 Å². The molecule has 5 heteroatoms. The number of carbonyl (C=O) groups is 1. The zero-order valence-electron chi connectivity index (χ0n) is 13.9. The third-order valence-electron chi connectivity index (χ3n) is 3.41. The Bertz CT molecular complexity index is 787. The first-order chi connectivity index (χ1) is 11.5. The number of ether oxygens (including phenoxy) is 1. The monoisotopic (exact) mass is 321 g/mol. The Kier molecular flexibility index (Phi) is 5.58. The lowest BCUT2D eigenvalue weighted by Crippen LogP contribution is -2.13. The molecule has 5 nitrogen and oxygen atoms in total. The Morgan fingerprint density at radius 2 is 1.92 bits per heavy atom. The standard InChI is InChI=1S/C19H19N3O2/c1-22(2)17-9-7-14(8-10-17)11-15(13-20)19(23)21-16-5-4-6-18(12-16)24-3/h4-12H,1-3H3,(H,21,23)/b15-11+. The maximum atomic E-state index is 12.3. The number of nitriles is 1. The molecule has 24 heavy (non-hydrogen) atoms. The topological polar surface area (TPSA) is 65.4 Å². The van der Waals surface area contributed by atoms with Crippen molar-refractivity contribution >= 4 is 23.4 Å². The molecule has 0 aliphatic carbocycles. The SMILES string of the molecule is COc1cccc(NC(=O)/C(C#N)=C/c2ccc(N(C)C)cc2)c1. The molecule has 2 rings (SSSR count). The predicted molar refractivity (Wildman–Crippen MR) is 96.0 cm³/mol. The Morgan fingerprint density at radius 3 is 2.50 bits per heavy atom. The summed E-state index contributed by atoms with van der Waals surface area (Å²) in [6.07, 6.45) is 1.56. The second-order valence-corrected chi connectivity index (χ2v) is 5.34. The highest BCUT2D eigenvalue weighted by Gasteiger charge is 2.10. The minimum atomic E-state index is -0.456. The fourth-order valence-corrected chi connectivity index (χ4v) is 2.08. The number of anilines is 2. The van der Waals surface area contributed by atoms with Gasteiger partial charge in [0.2, 0.25) is 0 Å². The number of nitrogens with one attached hydrogen (secondary N) is 1. The smallest absolute Gasteiger partial charge is 0.266 e. The Balaban J connectivity index is 2.17. The normalized spacial score (nSPS) is 10.7. The average Bonchev–Trinajstić information content (AvgIpc) is 2.60. The Morgan fingerprint density at radius 1 is 1.21 bits per heavy atom. The number of amides is 1. The summed E-state index contributed by atoms with van der Waals surface area (Å²) in [4.78, 5) is 14.3. The maximum absolute atomic E-state index is 12.3. The Labute approximate surface area is 141 Å². The summed E-state index contributed by atoms with van der Waals surface area (Å²) < 4.78 is 5.11.